The van der Waals surface area contributed by atoms with Crippen LogP contribution in [0.1, 0.15) is 28.6 Å². The average Bonchev–Trinajstić information content (AvgIpc) is 3.02. The molecule has 7 nitrogen and oxygen atoms in total. The van der Waals surface area contributed by atoms with Gasteiger partial charge in [0.15, 0.2) is 10.6 Å². The predicted molar refractivity (Wildman–Crippen MR) is 98.6 cm³/mol. The van der Waals surface area contributed by atoms with Crippen LogP contribution in [0.2, 0.25) is 0 Å². The first kappa shape index (κ1) is 17.6. The van der Waals surface area contributed by atoms with Crippen molar-refractivity contribution >= 4 is 45.9 Å². The summed E-state index contributed by atoms with van der Waals surface area (Å²) in [6, 6.07) is 13.7. The second-order valence-corrected chi connectivity index (χ2v) is 5.96. The summed E-state index contributed by atoms with van der Waals surface area (Å²) in [5.41, 5.74) is 1.74. The SMILES string of the molecule is O=C(O)CC(C(O)=S)c1nc2ccc(C(=O)Nc3ccccc3)cc2o1. The van der Waals surface area contributed by atoms with Crippen molar-refractivity contribution in [3.05, 3.63) is 60.0 Å². The van der Waals surface area contributed by atoms with Gasteiger partial charge in [0.05, 0.1) is 6.42 Å². The average molecular weight is 370 g/mol. The highest BCUT2D eigenvalue weighted by molar-refractivity contribution is 7.80. The highest BCUT2D eigenvalue weighted by Gasteiger charge is 2.25. The van der Waals surface area contributed by atoms with Crippen LogP contribution in [-0.4, -0.2) is 32.1 Å². The number of oxazole rings is 1. The van der Waals surface area contributed by atoms with Gasteiger partial charge < -0.3 is 19.9 Å². The smallest absolute Gasteiger partial charge is 0.304 e. The molecule has 26 heavy (non-hydrogen) atoms. The number of hydrogen-bond acceptors (Lipinski definition) is 5. The lowest BCUT2D eigenvalue weighted by atomic mass is 10.1. The Morgan fingerprint density at radius 2 is 1.88 bits per heavy atom. The second-order valence-electron chi connectivity index (χ2n) is 5.54. The Kier molecular flexibility index (Phi) is 4.94. The maximum Gasteiger partial charge on any atom is 0.304 e. The van der Waals surface area contributed by atoms with Gasteiger partial charge in [0.1, 0.15) is 11.4 Å². The minimum absolute atomic E-state index is 0.00415. The third-order valence-electron chi connectivity index (χ3n) is 3.67. The quantitative estimate of drug-likeness (QED) is 0.569. The van der Waals surface area contributed by atoms with Crippen LogP contribution in [0.4, 0.5) is 5.69 Å². The zero-order valence-electron chi connectivity index (χ0n) is 13.4. The molecule has 1 aromatic heterocycles. The monoisotopic (exact) mass is 370 g/mol. The number of benzene rings is 2. The van der Waals surface area contributed by atoms with Crippen LogP contribution in [0.15, 0.2) is 52.9 Å². The molecule has 0 aliphatic carbocycles. The minimum atomic E-state index is -1.14. The summed E-state index contributed by atoms with van der Waals surface area (Å²) in [7, 11) is 0. The number of hydrogen-bond donors (Lipinski definition) is 3. The van der Waals surface area contributed by atoms with Crippen molar-refractivity contribution in [1.29, 1.82) is 0 Å². The van der Waals surface area contributed by atoms with Crippen molar-refractivity contribution in [2.75, 3.05) is 5.32 Å². The molecule has 3 aromatic rings. The van der Waals surface area contributed by atoms with E-state index in [0.29, 0.717) is 22.4 Å². The molecule has 3 rings (SSSR count). The number of aromatic nitrogens is 1. The lowest BCUT2D eigenvalue weighted by Gasteiger charge is -2.06. The number of carboxylic acid groups (broad SMARTS) is 1. The summed E-state index contributed by atoms with van der Waals surface area (Å²) in [5.74, 6) is -2.50. The zero-order chi connectivity index (χ0) is 18.7. The molecule has 1 heterocycles. The van der Waals surface area contributed by atoms with Crippen molar-refractivity contribution in [1.82, 2.24) is 4.98 Å². The van der Waals surface area contributed by atoms with Crippen molar-refractivity contribution in [2.45, 2.75) is 12.3 Å². The number of aliphatic carboxylic acids is 1. The van der Waals surface area contributed by atoms with Gasteiger partial charge in [-0.25, -0.2) is 4.98 Å². The third-order valence-corrected chi connectivity index (χ3v) is 3.96. The van der Waals surface area contributed by atoms with E-state index in [9.17, 15) is 14.7 Å². The molecule has 132 valence electrons. The fourth-order valence-electron chi connectivity index (χ4n) is 2.41. The Bertz CT molecular complexity index is 984. The van der Waals surface area contributed by atoms with E-state index in [4.69, 9.17) is 21.7 Å². The van der Waals surface area contributed by atoms with E-state index in [-0.39, 0.29) is 11.8 Å². The Balaban J connectivity index is 1.88. The molecule has 0 radical (unpaired) electrons. The number of nitrogens with zero attached hydrogens (tertiary/aromatic N) is 1. The molecule has 0 fully saturated rings. The molecule has 1 atom stereocenters. The number of carboxylic acids is 1. The summed E-state index contributed by atoms with van der Waals surface area (Å²) in [6.07, 6.45) is -0.441. The fraction of sp³-hybridized carbons (Fsp3) is 0.111. The van der Waals surface area contributed by atoms with Gasteiger partial charge in [-0.2, -0.15) is 0 Å². The summed E-state index contributed by atoms with van der Waals surface area (Å²) in [4.78, 5) is 27.4. The molecule has 0 aliphatic heterocycles. The van der Waals surface area contributed by atoms with Crippen molar-refractivity contribution in [3.8, 4) is 0 Å². The first-order valence-electron chi connectivity index (χ1n) is 7.65. The number of carbonyl (C=O) groups is 2. The van der Waals surface area contributed by atoms with E-state index in [1.165, 1.54) is 6.07 Å². The van der Waals surface area contributed by atoms with Crippen LogP contribution in [0, 0.1) is 0 Å². The molecule has 1 unspecified atom stereocenters. The number of thiocarbonyl (C=S) groups is 1. The van der Waals surface area contributed by atoms with Crippen LogP contribution in [0.5, 0.6) is 0 Å². The number of amides is 1. The van der Waals surface area contributed by atoms with E-state index in [2.05, 4.69) is 10.3 Å². The lowest BCUT2D eigenvalue weighted by Crippen LogP contribution is -2.14. The first-order valence-corrected chi connectivity index (χ1v) is 8.06. The van der Waals surface area contributed by atoms with Gasteiger partial charge in [-0.05, 0) is 42.5 Å². The summed E-state index contributed by atoms with van der Waals surface area (Å²) >= 11 is 4.69. The van der Waals surface area contributed by atoms with Gasteiger partial charge in [-0.3, -0.25) is 9.59 Å². The van der Waals surface area contributed by atoms with Gasteiger partial charge in [-0.15, -0.1) is 0 Å². The largest absolute Gasteiger partial charge is 0.501 e. The Labute approximate surface area is 153 Å². The van der Waals surface area contributed by atoms with Crippen LogP contribution in [0.25, 0.3) is 11.1 Å². The van der Waals surface area contributed by atoms with Gasteiger partial charge in [0.25, 0.3) is 5.91 Å². The van der Waals surface area contributed by atoms with Crippen molar-refractivity contribution in [3.63, 3.8) is 0 Å². The van der Waals surface area contributed by atoms with Gasteiger partial charge in [-0.1, -0.05) is 18.2 Å². The van der Waals surface area contributed by atoms with E-state index < -0.39 is 23.4 Å². The molecule has 1 amide bonds. The van der Waals surface area contributed by atoms with Gasteiger partial charge in [0.2, 0.25) is 5.89 Å². The van der Waals surface area contributed by atoms with Gasteiger partial charge in [0, 0.05) is 11.3 Å². The minimum Gasteiger partial charge on any atom is -0.501 e. The normalized spacial score (nSPS) is 11.8. The van der Waals surface area contributed by atoms with E-state index >= 15 is 0 Å². The molecule has 0 bridgehead atoms. The highest BCUT2D eigenvalue weighted by Crippen LogP contribution is 2.26. The molecule has 3 N–H and O–H groups in total. The number of rotatable bonds is 6. The van der Waals surface area contributed by atoms with Crippen LogP contribution < -0.4 is 5.32 Å². The number of carbonyl (C=O) groups excluding carboxylic acids is 1. The Hall–Kier alpha value is -3.26. The van der Waals surface area contributed by atoms with Crippen LogP contribution in [-0.2, 0) is 4.79 Å². The fourth-order valence-corrected chi connectivity index (χ4v) is 2.60. The number of para-hydroxylation sites is 1. The number of anilines is 1. The topological polar surface area (TPSA) is 113 Å². The zero-order valence-corrected chi connectivity index (χ0v) is 14.2. The second kappa shape index (κ2) is 7.32. The molecule has 0 aliphatic rings. The van der Waals surface area contributed by atoms with E-state index in [0.717, 1.165) is 0 Å². The van der Waals surface area contributed by atoms with E-state index in [1.807, 2.05) is 18.2 Å². The highest BCUT2D eigenvalue weighted by atomic mass is 32.1. The van der Waals surface area contributed by atoms with Crippen LogP contribution >= 0.6 is 12.2 Å². The Morgan fingerprint density at radius 3 is 2.54 bits per heavy atom. The molecule has 8 heteroatoms. The number of aliphatic hydroxyl groups excluding tert-OH is 1. The molecule has 0 spiro atoms. The number of fused-ring (bicyclic) bond motifs is 1. The predicted octanol–water partition coefficient (Wildman–Crippen LogP) is 3.52. The molecular weight excluding hydrogens is 356 g/mol. The van der Waals surface area contributed by atoms with Gasteiger partial charge >= 0.3 is 5.97 Å². The Morgan fingerprint density at radius 1 is 1.15 bits per heavy atom. The number of nitrogens with one attached hydrogen (secondary N) is 1. The maximum atomic E-state index is 12.3. The molecular formula is C18H14N2O5S. The lowest BCUT2D eigenvalue weighted by molar-refractivity contribution is -0.137. The summed E-state index contributed by atoms with van der Waals surface area (Å²) in [5, 5.41) is 20.7. The molecule has 0 saturated carbocycles. The first-order chi connectivity index (χ1) is 12.4. The summed E-state index contributed by atoms with van der Waals surface area (Å²) in [6.45, 7) is 0. The maximum absolute atomic E-state index is 12.3. The third kappa shape index (κ3) is 3.86. The molecule has 2 aromatic carbocycles. The van der Waals surface area contributed by atoms with Crippen molar-refractivity contribution in [2.24, 2.45) is 0 Å². The van der Waals surface area contributed by atoms with Crippen molar-refractivity contribution < 1.29 is 24.2 Å². The number of aliphatic hydroxyl groups is 1. The molecule has 0 saturated heterocycles. The van der Waals surface area contributed by atoms with E-state index in [1.54, 1.807) is 24.3 Å². The van der Waals surface area contributed by atoms with Crippen LogP contribution in [0.3, 0.4) is 0 Å². The summed E-state index contributed by atoms with van der Waals surface area (Å²) < 4.78 is 5.53. The standard InChI is InChI=1S/C18H14N2O5S/c21-15(22)9-12(18(24)26)17-20-13-7-6-10(8-14(13)25-17)16(23)19-11-4-2-1-3-5-11/h1-8,12H,9H2,(H,19,23)(H,21,22)(H,24,26).